The third-order valence-corrected chi connectivity index (χ3v) is 3.42. The van der Waals surface area contributed by atoms with Crippen LogP contribution in [-0.4, -0.2) is 9.97 Å². The third kappa shape index (κ3) is 2.80. The molecule has 0 saturated heterocycles. The Labute approximate surface area is 116 Å². The van der Waals surface area contributed by atoms with Gasteiger partial charge in [-0.15, -0.1) is 0 Å². The highest BCUT2D eigenvalue weighted by atomic mass is 35.5. The first kappa shape index (κ1) is 13.3. The molecule has 0 amide bonds. The molecule has 2 aromatic rings. The van der Waals surface area contributed by atoms with Gasteiger partial charge in [-0.2, -0.15) is 0 Å². The largest absolute Gasteiger partial charge is 0.325 e. The smallest absolute Gasteiger partial charge is 0.133 e. The van der Waals surface area contributed by atoms with Crippen molar-refractivity contribution in [3.63, 3.8) is 0 Å². The second-order valence-corrected chi connectivity index (χ2v) is 4.81. The maximum Gasteiger partial charge on any atom is 0.133 e. The topological polar surface area (TPSA) is 51.8 Å². The average molecular weight is 282 g/mol. The standard InChI is InChI=1S/C13H13Cl2N3/c1-8-7-17-13(18-12(8)6-16)5-9-10(14)3-2-4-11(9)15/h2-4,7H,5-6,16H2,1H3. The van der Waals surface area contributed by atoms with E-state index in [9.17, 15) is 0 Å². The van der Waals surface area contributed by atoms with Crippen LogP contribution >= 0.6 is 23.2 Å². The SMILES string of the molecule is Cc1cnc(Cc2c(Cl)cccc2Cl)nc1CN. The summed E-state index contributed by atoms with van der Waals surface area (Å²) in [5.74, 6) is 0.677. The molecule has 0 aliphatic carbocycles. The maximum atomic E-state index is 6.12. The molecule has 0 atom stereocenters. The van der Waals surface area contributed by atoms with Gasteiger partial charge in [0.25, 0.3) is 0 Å². The average Bonchev–Trinajstić information content (AvgIpc) is 2.36. The van der Waals surface area contributed by atoms with Crippen LogP contribution in [0.3, 0.4) is 0 Å². The predicted octanol–water partition coefficient (Wildman–Crippen LogP) is 3.14. The van der Waals surface area contributed by atoms with E-state index in [1.165, 1.54) is 0 Å². The maximum absolute atomic E-state index is 6.12. The van der Waals surface area contributed by atoms with E-state index in [4.69, 9.17) is 28.9 Å². The van der Waals surface area contributed by atoms with Gasteiger partial charge in [0.05, 0.1) is 5.69 Å². The lowest BCUT2D eigenvalue weighted by atomic mass is 10.1. The number of nitrogens with two attached hydrogens (primary N) is 1. The molecule has 94 valence electrons. The predicted molar refractivity (Wildman–Crippen MR) is 73.9 cm³/mol. The first-order valence-electron chi connectivity index (χ1n) is 5.56. The lowest BCUT2D eigenvalue weighted by Gasteiger charge is -2.08. The molecule has 0 aliphatic heterocycles. The summed E-state index contributed by atoms with van der Waals surface area (Å²) in [6, 6.07) is 5.43. The number of aryl methyl sites for hydroxylation is 1. The third-order valence-electron chi connectivity index (χ3n) is 2.72. The van der Waals surface area contributed by atoms with Crippen molar-refractivity contribution in [2.75, 3.05) is 0 Å². The molecule has 1 aromatic heterocycles. The van der Waals surface area contributed by atoms with Crippen molar-refractivity contribution < 1.29 is 0 Å². The highest BCUT2D eigenvalue weighted by Crippen LogP contribution is 2.26. The molecule has 5 heteroatoms. The number of hydrogen-bond donors (Lipinski definition) is 1. The quantitative estimate of drug-likeness (QED) is 0.940. The molecule has 1 aromatic carbocycles. The summed E-state index contributed by atoms with van der Waals surface area (Å²) in [5, 5.41) is 1.25. The number of aromatic nitrogens is 2. The monoisotopic (exact) mass is 281 g/mol. The Morgan fingerprint density at radius 1 is 1.22 bits per heavy atom. The van der Waals surface area contributed by atoms with Crippen LogP contribution in [-0.2, 0) is 13.0 Å². The molecule has 0 radical (unpaired) electrons. The Balaban J connectivity index is 2.34. The zero-order chi connectivity index (χ0) is 13.1. The Morgan fingerprint density at radius 3 is 2.50 bits per heavy atom. The Hall–Kier alpha value is -1.16. The summed E-state index contributed by atoms with van der Waals surface area (Å²) in [6.07, 6.45) is 2.28. The van der Waals surface area contributed by atoms with Gasteiger partial charge in [-0.05, 0) is 30.2 Å². The first-order valence-corrected chi connectivity index (χ1v) is 6.31. The van der Waals surface area contributed by atoms with Crippen LogP contribution in [0.5, 0.6) is 0 Å². The molecule has 2 N–H and O–H groups in total. The van der Waals surface area contributed by atoms with Crippen molar-refractivity contribution >= 4 is 23.2 Å². The lowest BCUT2D eigenvalue weighted by Crippen LogP contribution is -2.07. The van der Waals surface area contributed by atoms with Crippen molar-refractivity contribution in [1.82, 2.24) is 9.97 Å². The Morgan fingerprint density at radius 2 is 1.89 bits per heavy atom. The van der Waals surface area contributed by atoms with E-state index in [-0.39, 0.29) is 0 Å². The van der Waals surface area contributed by atoms with Crippen molar-refractivity contribution in [2.24, 2.45) is 5.73 Å². The van der Waals surface area contributed by atoms with Crippen LogP contribution in [0.2, 0.25) is 10.0 Å². The molecule has 18 heavy (non-hydrogen) atoms. The number of halogens is 2. The normalized spacial score (nSPS) is 10.7. The molecule has 0 aliphatic rings. The number of nitrogens with zero attached hydrogens (tertiary/aromatic N) is 2. The highest BCUT2D eigenvalue weighted by molar-refractivity contribution is 6.36. The number of benzene rings is 1. The minimum absolute atomic E-state index is 0.400. The minimum atomic E-state index is 0.400. The molecule has 3 nitrogen and oxygen atoms in total. The number of hydrogen-bond acceptors (Lipinski definition) is 3. The van der Waals surface area contributed by atoms with Crippen LogP contribution < -0.4 is 5.73 Å². The minimum Gasteiger partial charge on any atom is -0.325 e. The second kappa shape index (κ2) is 5.65. The van der Waals surface area contributed by atoms with Gasteiger partial charge in [0, 0.05) is 29.2 Å². The molecular formula is C13H13Cl2N3. The first-order chi connectivity index (χ1) is 8.61. The van der Waals surface area contributed by atoms with Gasteiger partial charge in [0.2, 0.25) is 0 Å². The van der Waals surface area contributed by atoms with Crippen LogP contribution in [0.1, 0.15) is 22.6 Å². The van der Waals surface area contributed by atoms with Gasteiger partial charge in [-0.25, -0.2) is 9.97 Å². The highest BCUT2D eigenvalue weighted by Gasteiger charge is 2.09. The van der Waals surface area contributed by atoms with Crippen LogP contribution in [0.15, 0.2) is 24.4 Å². The molecule has 0 unspecified atom stereocenters. The van der Waals surface area contributed by atoms with Gasteiger partial charge >= 0.3 is 0 Å². The number of rotatable bonds is 3. The zero-order valence-corrected chi connectivity index (χ0v) is 11.5. The van der Waals surface area contributed by atoms with Crippen molar-refractivity contribution in [3.8, 4) is 0 Å². The second-order valence-electron chi connectivity index (χ2n) is 4.00. The fourth-order valence-electron chi connectivity index (χ4n) is 1.67. The Kier molecular flexibility index (Phi) is 4.17. The zero-order valence-electron chi connectivity index (χ0n) is 9.95. The molecule has 0 spiro atoms. The van der Waals surface area contributed by atoms with Crippen LogP contribution in [0.25, 0.3) is 0 Å². The fraction of sp³-hybridized carbons (Fsp3) is 0.231. The molecule has 0 fully saturated rings. The van der Waals surface area contributed by atoms with E-state index in [1.54, 1.807) is 18.3 Å². The lowest BCUT2D eigenvalue weighted by molar-refractivity contribution is 0.874. The summed E-state index contributed by atoms with van der Waals surface area (Å²) in [4.78, 5) is 8.70. The summed E-state index contributed by atoms with van der Waals surface area (Å²) < 4.78 is 0. The van der Waals surface area contributed by atoms with Gasteiger partial charge < -0.3 is 5.73 Å². The van der Waals surface area contributed by atoms with Gasteiger partial charge in [-0.3, -0.25) is 0 Å². The summed E-state index contributed by atoms with van der Waals surface area (Å²) in [7, 11) is 0. The van der Waals surface area contributed by atoms with E-state index in [0.717, 1.165) is 16.8 Å². The van der Waals surface area contributed by atoms with E-state index < -0.39 is 0 Å². The van der Waals surface area contributed by atoms with Crippen molar-refractivity contribution in [1.29, 1.82) is 0 Å². The Bertz CT molecular complexity index is 550. The van der Waals surface area contributed by atoms with E-state index in [0.29, 0.717) is 28.8 Å². The van der Waals surface area contributed by atoms with Gasteiger partial charge in [0.15, 0.2) is 0 Å². The van der Waals surface area contributed by atoms with Gasteiger partial charge in [0.1, 0.15) is 5.82 Å². The van der Waals surface area contributed by atoms with Crippen molar-refractivity contribution in [3.05, 3.63) is 57.1 Å². The summed E-state index contributed by atoms with van der Waals surface area (Å²) in [6.45, 7) is 2.34. The van der Waals surface area contributed by atoms with Crippen LogP contribution in [0, 0.1) is 6.92 Å². The van der Waals surface area contributed by atoms with E-state index in [1.807, 2.05) is 13.0 Å². The molecule has 2 rings (SSSR count). The molecule has 0 saturated carbocycles. The molecule has 1 heterocycles. The molecule has 0 bridgehead atoms. The van der Waals surface area contributed by atoms with Gasteiger partial charge in [-0.1, -0.05) is 29.3 Å². The summed E-state index contributed by atoms with van der Waals surface area (Å²) >= 11 is 12.2. The molecular weight excluding hydrogens is 269 g/mol. The van der Waals surface area contributed by atoms with Crippen LogP contribution in [0.4, 0.5) is 0 Å². The van der Waals surface area contributed by atoms with E-state index >= 15 is 0 Å². The van der Waals surface area contributed by atoms with E-state index in [2.05, 4.69) is 9.97 Å². The van der Waals surface area contributed by atoms with Crippen molar-refractivity contribution in [2.45, 2.75) is 19.9 Å². The summed E-state index contributed by atoms with van der Waals surface area (Å²) in [5.41, 5.74) is 8.31. The fourth-order valence-corrected chi connectivity index (χ4v) is 2.20.